The highest BCUT2D eigenvalue weighted by atomic mass is 16.5. The van der Waals surface area contributed by atoms with E-state index in [4.69, 9.17) is 18.9 Å². The molecule has 3 rings (SSSR count). The lowest BCUT2D eigenvalue weighted by molar-refractivity contribution is -0.145. The summed E-state index contributed by atoms with van der Waals surface area (Å²) < 4.78 is 21.6. The summed E-state index contributed by atoms with van der Waals surface area (Å²) in [5.41, 5.74) is 2.85. The third-order valence-electron chi connectivity index (χ3n) is 5.50. The number of hydrogen-bond acceptors (Lipinski definition) is 7. The summed E-state index contributed by atoms with van der Waals surface area (Å²) >= 11 is 0. The number of nitrogens with one attached hydrogen (secondary N) is 1. The summed E-state index contributed by atoms with van der Waals surface area (Å²) in [4.78, 5) is 14.4. The second kappa shape index (κ2) is 10.3. The van der Waals surface area contributed by atoms with Gasteiger partial charge in [-0.1, -0.05) is 6.42 Å². The summed E-state index contributed by atoms with van der Waals surface area (Å²) in [6, 6.07) is 4.00. The molecule has 1 aromatic heterocycles. The first-order valence-electron chi connectivity index (χ1n) is 10.3. The highest BCUT2D eigenvalue weighted by Crippen LogP contribution is 2.41. The molecule has 164 valence electrons. The highest BCUT2D eigenvalue weighted by molar-refractivity contribution is 5.71. The van der Waals surface area contributed by atoms with Gasteiger partial charge in [-0.15, -0.1) is 0 Å². The van der Waals surface area contributed by atoms with Gasteiger partial charge in [-0.25, -0.2) is 0 Å². The van der Waals surface area contributed by atoms with Crippen LogP contribution in [0.4, 0.5) is 0 Å². The van der Waals surface area contributed by atoms with Crippen LogP contribution in [0.25, 0.3) is 11.3 Å². The average molecular weight is 418 g/mol. The van der Waals surface area contributed by atoms with E-state index in [0.717, 1.165) is 42.6 Å². The number of esters is 1. The Labute approximate surface area is 177 Å². The van der Waals surface area contributed by atoms with E-state index in [-0.39, 0.29) is 12.0 Å². The molecule has 1 N–H and O–H groups in total. The van der Waals surface area contributed by atoms with Crippen molar-refractivity contribution < 1.29 is 23.7 Å². The van der Waals surface area contributed by atoms with Crippen molar-refractivity contribution in [2.24, 2.45) is 0 Å². The number of rotatable bonds is 9. The quantitative estimate of drug-likeness (QED) is 0.626. The Hall–Kier alpha value is -2.74. The molecule has 0 saturated carbocycles. The van der Waals surface area contributed by atoms with E-state index in [0.29, 0.717) is 36.8 Å². The summed E-state index contributed by atoms with van der Waals surface area (Å²) in [5.74, 6) is 1.60. The first kappa shape index (κ1) is 22.0. The number of ether oxygens (including phenoxy) is 4. The molecular formula is C22H31N3O5. The highest BCUT2D eigenvalue weighted by Gasteiger charge is 2.27. The van der Waals surface area contributed by atoms with E-state index in [9.17, 15) is 4.79 Å². The molecule has 0 amide bonds. The number of nitrogens with zero attached hydrogens (tertiary/aromatic N) is 2. The molecule has 1 atom stereocenters. The van der Waals surface area contributed by atoms with Gasteiger partial charge in [0, 0.05) is 23.7 Å². The van der Waals surface area contributed by atoms with E-state index in [1.807, 2.05) is 25.3 Å². The van der Waals surface area contributed by atoms with Crippen LogP contribution in [-0.2, 0) is 16.1 Å². The van der Waals surface area contributed by atoms with Gasteiger partial charge in [0.05, 0.1) is 46.2 Å². The van der Waals surface area contributed by atoms with Crippen LogP contribution in [0.5, 0.6) is 17.2 Å². The topological polar surface area (TPSA) is 85.9 Å². The molecular weight excluding hydrogens is 386 g/mol. The lowest BCUT2D eigenvalue weighted by Crippen LogP contribution is -2.40. The lowest BCUT2D eigenvalue weighted by Gasteiger charge is -2.35. The molecule has 1 aromatic carbocycles. The number of piperidine rings is 1. The van der Waals surface area contributed by atoms with Crippen LogP contribution >= 0.6 is 0 Å². The third-order valence-corrected chi connectivity index (χ3v) is 5.50. The second-order valence-electron chi connectivity index (χ2n) is 7.31. The number of carbonyl (C=O) groups is 1. The Balaban J connectivity index is 1.85. The van der Waals surface area contributed by atoms with Crippen molar-refractivity contribution >= 4 is 5.97 Å². The Morgan fingerprint density at radius 2 is 1.90 bits per heavy atom. The van der Waals surface area contributed by atoms with Gasteiger partial charge in [0.15, 0.2) is 11.5 Å². The van der Waals surface area contributed by atoms with Gasteiger partial charge in [0.2, 0.25) is 5.75 Å². The predicted molar refractivity (Wildman–Crippen MR) is 113 cm³/mol. The molecule has 0 aliphatic carbocycles. The standard InChI is InChI=1S/C22H31N3O5/c1-5-30-20(26)12-17-8-6-7-9-25(17)14-16-13-23-24-21(16)15-10-18(27-2)22(29-4)19(11-15)28-3/h10-11,13,17H,5-9,12,14H2,1-4H3,(H,23,24)/t17-/m0/s1. The third kappa shape index (κ3) is 4.87. The summed E-state index contributed by atoms with van der Waals surface area (Å²) in [5, 5.41) is 7.38. The normalized spacial score (nSPS) is 16.9. The monoisotopic (exact) mass is 417 g/mol. The van der Waals surface area contributed by atoms with Gasteiger partial charge in [-0.05, 0) is 38.4 Å². The van der Waals surface area contributed by atoms with Gasteiger partial charge in [-0.3, -0.25) is 14.8 Å². The first-order valence-corrected chi connectivity index (χ1v) is 10.3. The maximum Gasteiger partial charge on any atom is 0.307 e. The van der Waals surface area contributed by atoms with Gasteiger partial charge >= 0.3 is 5.97 Å². The average Bonchev–Trinajstić information content (AvgIpc) is 3.22. The van der Waals surface area contributed by atoms with Crippen LogP contribution in [0, 0.1) is 0 Å². The van der Waals surface area contributed by atoms with Gasteiger partial charge in [-0.2, -0.15) is 5.10 Å². The van der Waals surface area contributed by atoms with E-state index >= 15 is 0 Å². The molecule has 30 heavy (non-hydrogen) atoms. The largest absolute Gasteiger partial charge is 0.493 e. The molecule has 8 nitrogen and oxygen atoms in total. The lowest BCUT2D eigenvalue weighted by atomic mass is 9.98. The van der Waals surface area contributed by atoms with Crippen LogP contribution < -0.4 is 14.2 Å². The van der Waals surface area contributed by atoms with Gasteiger partial charge in [0.1, 0.15) is 0 Å². The molecule has 0 radical (unpaired) electrons. The van der Waals surface area contributed by atoms with E-state index in [1.54, 1.807) is 21.3 Å². The Morgan fingerprint density at radius 3 is 2.53 bits per heavy atom. The van der Waals surface area contributed by atoms with Crippen LogP contribution in [0.3, 0.4) is 0 Å². The summed E-state index contributed by atoms with van der Waals surface area (Å²) in [7, 11) is 4.78. The van der Waals surface area contributed by atoms with Crippen LogP contribution in [0.1, 0.15) is 38.2 Å². The minimum Gasteiger partial charge on any atom is -0.493 e. The maximum absolute atomic E-state index is 12.0. The van der Waals surface area contributed by atoms with Gasteiger partial charge < -0.3 is 18.9 Å². The smallest absolute Gasteiger partial charge is 0.307 e. The minimum atomic E-state index is -0.133. The van der Waals surface area contributed by atoms with Crippen molar-refractivity contribution in [1.82, 2.24) is 15.1 Å². The summed E-state index contributed by atoms with van der Waals surface area (Å²) in [6.45, 7) is 3.90. The predicted octanol–water partition coefficient (Wildman–Crippen LogP) is 3.41. The van der Waals surface area contributed by atoms with Crippen molar-refractivity contribution in [3.05, 3.63) is 23.9 Å². The van der Waals surface area contributed by atoms with Crippen LogP contribution in [-0.4, -0.2) is 61.6 Å². The van der Waals surface area contributed by atoms with Crippen molar-refractivity contribution in [3.8, 4) is 28.5 Å². The van der Waals surface area contributed by atoms with E-state index < -0.39 is 0 Å². The molecule has 0 spiro atoms. The Bertz CT molecular complexity index is 826. The molecule has 8 heteroatoms. The number of aromatic amines is 1. The van der Waals surface area contributed by atoms with Crippen molar-refractivity contribution in [2.45, 2.75) is 45.2 Å². The second-order valence-corrected chi connectivity index (χ2v) is 7.31. The molecule has 0 bridgehead atoms. The van der Waals surface area contributed by atoms with Crippen molar-refractivity contribution in [3.63, 3.8) is 0 Å². The fraction of sp³-hybridized carbons (Fsp3) is 0.545. The fourth-order valence-corrected chi connectivity index (χ4v) is 4.04. The molecule has 1 saturated heterocycles. The molecule has 1 aliphatic heterocycles. The number of hydrogen-bond donors (Lipinski definition) is 1. The van der Waals surface area contributed by atoms with Crippen molar-refractivity contribution in [1.29, 1.82) is 0 Å². The zero-order valence-electron chi connectivity index (χ0n) is 18.2. The zero-order valence-corrected chi connectivity index (χ0v) is 18.2. The number of aromatic nitrogens is 2. The van der Waals surface area contributed by atoms with Crippen LogP contribution in [0.2, 0.25) is 0 Å². The van der Waals surface area contributed by atoms with Crippen LogP contribution in [0.15, 0.2) is 18.3 Å². The number of likely N-dealkylation sites (tertiary alicyclic amines) is 1. The minimum absolute atomic E-state index is 0.133. The number of H-pyrrole nitrogens is 1. The molecule has 1 aliphatic rings. The molecule has 2 heterocycles. The Kier molecular flexibility index (Phi) is 7.57. The number of carbonyl (C=O) groups excluding carboxylic acids is 1. The fourth-order valence-electron chi connectivity index (χ4n) is 4.04. The maximum atomic E-state index is 12.0. The number of methoxy groups -OCH3 is 3. The zero-order chi connectivity index (χ0) is 21.5. The van der Waals surface area contributed by atoms with Gasteiger partial charge in [0.25, 0.3) is 0 Å². The SMILES string of the molecule is CCOC(=O)C[C@@H]1CCCCN1Cc1cn[nH]c1-c1cc(OC)c(OC)c(OC)c1. The molecule has 1 fully saturated rings. The first-order chi connectivity index (χ1) is 14.6. The Morgan fingerprint density at radius 1 is 1.17 bits per heavy atom. The van der Waals surface area contributed by atoms with Crippen molar-refractivity contribution in [2.75, 3.05) is 34.5 Å². The number of benzene rings is 1. The molecule has 0 unspecified atom stereocenters. The van der Waals surface area contributed by atoms with E-state index in [2.05, 4.69) is 15.1 Å². The molecule has 2 aromatic rings. The van der Waals surface area contributed by atoms with E-state index in [1.165, 1.54) is 0 Å². The summed E-state index contributed by atoms with van der Waals surface area (Å²) in [6.07, 6.45) is 5.51.